The molecule has 0 spiro atoms. The number of benzene rings is 1. The number of cyclic esters (lactones) is 1. The number of halogens is 1. The molecule has 8 heteroatoms. The molecule has 160 valence electrons. The summed E-state index contributed by atoms with van der Waals surface area (Å²) in [6.45, 7) is 5.01. The van der Waals surface area contributed by atoms with Crippen LogP contribution >= 0.6 is 0 Å². The molecular weight excluding hydrogens is 401 g/mol. The zero-order chi connectivity index (χ0) is 21.7. The molecule has 1 aromatic heterocycles. The van der Waals surface area contributed by atoms with E-state index in [-0.39, 0.29) is 31.5 Å². The molecule has 5 heterocycles. The minimum atomic E-state index is -1.67. The number of aromatic nitrogens is 1. The molecule has 3 N–H and O–H groups in total. The van der Waals surface area contributed by atoms with Crippen LogP contribution in [-0.4, -0.2) is 46.3 Å². The summed E-state index contributed by atoms with van der Waals surface area (Å²) in [5.41, 5.74) is 10.7. The van der Waals surface area contributed by atoms with Crippen molar-refractivity contribution in [2.75, 3.05) is 19.8 Å². The van der Waals surface area contributed by atoms with E-state index in [4.69, 9.17) is 20.2 Å². The quantitative estimate of drug-likeness (QED) is 0.679. The highest BCUT2D eigenvalue weighted by atomic mass is 19.1. The van der Waals surface area contributed by atoms with Gasteiger partial charge in [0.15, 0.2) is 5.60 Å². The van der Waals surface area contributed by atoms with Crippen LogP contribution in [0.4, 0.5) is 4.39 Å². The van der Waals surface area contributed by atoms with E-state index >= 15 is 0 Å². The van der Waals surface area contributed by atoms with Crippen LogP contribution < -0.4 is 10.5 Å². The van der Waals surface area contributed by atoms with Crippen LogP contribution in [0.2, 0.25) is 0 Å². The number of hydrogen-bond acceptors (Lipinski definition) is 7. The number of carbonyl (C=O) groups is 1. The van der Waals surface area contributed by atoms with Crippen molar-refractivity contribution < 1.29 is 23.8 Å². The zero-order valence-electron chi connectivity index (χ0n) is 17.3. The van der Waals surface area contributed by atoms with Crippen LogP contribution in [0.1, 0.15) is 41.8 Å². The van der Waals surface area contributed by atoms with Crippen molar-refractivity contribution in [3.05, 3.63) is 51.5 Å². The number of pyridine rings is 1. The lowest BCUT2D eigenvalue weighted by molar-refractivity contribution is -0.163. The van der Waals surface area contributed by atoms with Gasteiger partial charge in [-0.15, -0.1) is 0 Å². The Morgan fingerprint density at radius 3 is 2.97 bits per heavy atom. The van der Waals surface area contributed by atoms with Gasteiger partial charge in [0.2, 0.25) is 0 Å². The smallest absolute Gasteiger partial charge is 0.343 e. The van der Waals surface area contributed by atoms with Crippen molar-refractivity contribution in [1.82, 2.24) is 9.88 Å². The van der Waals surface area contributed by atoms with Gasteiger partial charge in [-0.1, -0.05) is 6.92 Å². The topological polar surface area (TPSA) is 97.9 Å². The van der Waals surface area contributed by atoms with E-state index in [9.17, 15) is 14.3 Å². The van der Waals surface area contributed by atoms with E-state index in [1.807, 2.05) is 6.08 Å². The van der Waals surface area contributed by atoms with Crippen LogP contribution in [0.3, 0.4) is 0 Å². The molecule has 0 saturated heterocycles. The molecule has 0 radical (unpaired) electrons. The fraction of sp³-hybridized carbons (Fsp3) is 0.391. The largest absolute Gasteiger partial charge is 0.491 e. The van der Waals surface area contributed by atoms with Crippen LogP contribution in [0.25, 0.3) is 16.6 Å². The number of nitrogens with zero attached hydrogens (tertiary/aromatic N) is 2. The number of rotatable bonds is 1. The van der Waals surface area contributed by atoms with Crippen molar-refractivity contribution in [1.29, 1.82) is 0 Å². The lowest BCUT2D eigenvalue weighted by Gasteiger charge is -2.37. The van der Waals surface area contributed by atoms with Gasteiger partial charge in [0.25, 0.3) is 0 Å². The van der Waals surface area contributed by atoms with Gasteiger partial charge in [0, 0.05) is 41.2 Å². The van der Waals surface area contributed by atoms with E-state index in [1.54, 1.807) is 13.8 Å². The summed E-state index contributed by atoms with van der Waals surface area (Å²) in [4.78, 5) is 19.3. The molecule has 31 heavy (non-hydrogen) atoms. The molecule has 6 rings (SSSR count). The fourth-order valence-electron chi connectivity index (χ4n) is 5.28. The van der Waals surface area contributed by atoms with Crippen molar-refractivity contribution in [2.24, 2.45) is 5.73 Å². The van der Waals surface area contributed by atoms with Gasteiger partial charge in [0.1, 0.15) is 24.8 Å². The second kappa shape index (κ2) is 6.05. The molecule has 0 aliphatic carbocycles. The van der Waals surface area contributed by atoms with Crippen molar-refractivity contribution >= 4 is 22.6 Å². The Kier molecular flexibility index (Phi) is 3.66. The van der Waals surface area contributed by atoms with Gasteiger partial charge in [-0.25, -0.2) is 14.2 Å². The Morgan fingerprint density at radius 2 is 2.19 bits per heavy atom. The molecule has 2 atom stereocenters. The number of ether oxygens (including phenoxy) is 2. The number of nitrogens with two attached hydrogens (primary N) is 1. The number of carbonyl (C=O) groups excluding carboxylic acids is 1. The molecule has 1 aromatic carbocycles. The van der Waals surface area contributed by atoms with E-state index in [0.29, 0.717) is 35.5 Å². The van der Waals surface area contributed by atoms with Gasteiger partial charge in [0.05, 0.1) is 22.9 Å². The van der Waals surface area contributed by atoms with Gasteiger partial charge >= 0.3 is 5.97 Å². The highest BCUT2D eigenvalue weighted by molar-refractivity contribution is 5.95. The van der Waals surface area contributed by atoms with Crippen molar-refractivity contribution in [3.8, 4) is 5.75 Å². The highest BCUT2D eigenvalue weighted by Crippen LogP contribution is 2.48. The number of hydrogen-bond donors (Lipinski definition) is 2. The Bertz CT molecular complexity index is 1270. The SMILES string of the molecule is CC[C@@]1(O)C(=O)OCC2=C1C=C1c3nc4cc(F)c(C)c5c4c(c3CN1C2)[C@@H](N)CO5. The summed E-state index contributed by atoms with van der Waals surface area (Å²) in [6.07, 6.45) is 2.06. The van der Waals surface area contributed by atoms with Crippen LogP contribution in [0.15, 0.2) is 23.3 Å². The molecule has 0 amide bonds. The lowest BCUT2D eigenvalue weighted by atomic mass is 9.83. The first-order valence-corrected chi connectivity index (χ1v) is 10.5. The Balaban J connectivity index is 1.61. The lowest BCUT2D eigenvalue weighted by Crippen LogP contribution is -2.47. The standard InChI is InChI=1S/C23H22FN3O4/c1-3-23(29)13-4-17-20-12(7-27(17)6-11(13)8-31-22(23)28)18-15(25)9-30-21-10(2)14(24)5-16(26-20)19(18)21/h4-5,15,29H,3,6-9,25H2,1-2H3/t15-,23-/m0/s1. The summed E-state index contributed by atoms with van der Waals surface area (Å²) in [5.74, 6) is -0.484. The first kappa shape index (κ1) is 18.8. The van der Waals surface area contributed by atoms with Crippen molar-refractivity contribution in [3.63, 3.8) is 0 Å². The molecule has 0 bridgehead atoms. The summed E-state index contributed by atoms with van der Waals surface area (Å²) in [6, 6.07) is 1.08. The Hall–Kier alpha value is -2.97. The summed E-state index contributed by atoms with van der Waals surface area (Å²) >= 11 is 0. The fourth-order valence-corrected chi connectivity index (χ4v) is 5.28. The minimum Gasteiger partial charge on any atom is -0.491 e. The Morgan fingerprint density at radius 1 is 1.39 bits per heavy atom. The summed E-state index contributed by atoms with van der Waals surface area (Å²) < 4.78 is 25.6. The molecule has 4 aliphatic rings. The van der Waals surface area contributed by atoms with E-state index in [1.165, 1.54) is 6.07 Å². The van der Waals surface area contributed by atoms with E-state index < -0.39 is 11.6 Å². The molecule has 7 nitrogen and oxygen atoms in total. The van der Waals surface area contributed by atoms with Gasteiger partial charge < -0.3 is 25.2 Å². The maximum atomic E-state index is 14.6. The predicted octanol–water partition coefficient (Wildman–Crippen LogP) is 2.24. The Labute approximate surface area is 177 Å². The van der Waals surface area contributed by atoms with Crippen molar-refractivity contribution in [2.45, 2.75) is 38.5 Å². The van der Waals surface area contributed by atoms with Gasteiger partial charge in [-0.3, -0.25) is 0 Å². The highest BCUT2D eigenvalue weighted by Gasteiger charge is 2.47. The molecule has 0 fully saturated rings. The van der Waals surface area contributed by atoms with Gasteiger partial charge in [-0.05, 0) is 30.6 Å². The third-order valence-electron chi connectivity index (χ3n) is 6.98. The first-order chi connectivity index (χ1) is 14.8. The maximum Gasteiger partial charge on any atom is 0.343 e. The third kappa shape index (κ3) is 2.29. The average molecular weight is 423 g/mol. The van der Waals surface area contributed by atoms with E-state index in [0.717, 1.165) is 33.5 Å². The molecule has 0 saturated carbocycles. The molecule has 4 aliphatic heterocycles. The monoisotopic (exact) mass is 423 g/mol. The van der Waals surface area contributed by atoms with Crippen LogP contribution in [0.5, 0.6) is 5.75 Å². The number of fused-ring (bicyclic) bond motifs is 4. The van der Waals surface area contributed by atoms with Gasteiger partial charge in [-0.2, -0.15) is 0 Å². The second-order valence-electron chi connectivity index (χ2n) is 8.67. The van der Waals surface area contributed by atoms with Crippen LogP contribution in [-0.2, 0) is 16.1 Å². The molecule has 0 unspecified atom stereocenters. The zero-order valence-corrected chi connectivity index (χ0v) is 17.3. The normalized spacial score (nSPS) is 26.2. The summed E-state index contributed by atoms with van der Waals surface area (Å²) in [5, 5.41) is 11.8. The predicted molar refractivity (Wildman–Crippen MR) is 110 cm³/mol. The van der Waals surface area contributed by atoms with E-state index in [2.05, 4.69) is 4.90 Å². The number of esters is 1. The first-order valence-electron chi connectivity index (χ1n) is 10.5. The maximum absolute atomic E-state index is 14.6. The average Bonchev–Trinajstić information content (AvgIpc) is 3.11. The third-order valence-corrected chi connectivity index (χ3v) is 6.98. The minimum absolute atomic E-state index is 0.164. The summed E-state index contributed by atoms with van der Waals surface area (Å²) in [7, 11) is 0. The second-order valence-corrected chi connectivity index (χ2v) is 8.67. The molecule has 2 aromatic rings. The van der Waals surface area contributed by atoms with Crippen LogP contribution in [0, 0.1) is 12.7 Å². The molecular formula is C23H22FN3O4. The number of aliphatic hydroxyl groups is 1.